The normalized spacial score (nSPS) is 15.6. The molecule has 1 unspecified atom stereocenters. The molecule has 2 heterocycles. The lowest BCUT2D eigenvalue weighted by Crippen LogP contribution is -2.48. The molecule has 4 amide bonds. The smallest absolute Gasteiger partial charge is 0.265 e. The molecule has 1 atom stereocenters. The predicted octanol–water partition coefficient (Wildman–Crippen LogP) is 1.47. The fraction of sp³-hybridized carbons (Fsp3) is 0.300. The lowest BCUT2D eigenvalue weighted by Gasteiger charge is -2.23. The van der Waals surface area contributed by atoms with E-state index in [-0.39, 0.29) is 29.8 Å². The lowest BCUT2D eigenvalue weighted by molar-refractivity contribution is -0.137. The second kappa shape index (κ2) is 9.33. The Morgan fingerprint density at radius 3 is 2.62 bits per heavy atom. The van der Waals surface area contributed by atoms with E-state index in [4.69, 9.17) is 0 Å². The number of nitrogens with zero attached hydrogens (tertiary/aromatic N) is 1. The highest BCUT2D eigenvalue weighted by atomic mass is 32.1. The third-order valence-corrected chi connectivity index (χ3v) is 5.56. The summed E-state index contributed by atoms with van der Waals surface area (Å²) in [5.41, 5.74) is 0.620. The molecule has 1 aromatic carbocycles. The molecule has 1 fully saturated rings. The van der Waals surface area contributed by atoms with Gasteiger partial charge < -0.3 is 20.9 Å². The lowest BCUT2D eigenvalue weighted by atomic mass is 10.1. The summed E-state index contributed by atoms with van der Waals surface area (Å²) >= 11 is 1.30. The van der Waals surface area contributed by atoms with E-state index >= 15 is 0 Å². The van der Waals surface area contributed by atoms with Crippen molar-refractivity contribution >= 4 is 40.7 Å². The van der Waals surface area contributed by atoms with Crippen LogP contribution in [0.1, 0.15) is 32.9 Å². The van der Waals surface area contributed by atoms with Crippen molar-refractivity contribution in [2.24, 2.45) is 0 Å². The molecule has 9 heteroatoms. The van der Waals surface area contributed by atoms with E-state index in [0.29, 0.717) is 23.5 Å². The minimum absolute atomic E-state index is 0.205. The van der Waals surface area contributed by atoms with Crippen molar-refractivity contribution in [2.45, 2.75) is 18.9 Å². The van der Waals surface area contributed by atoms with E-state index in [1.165, 1.54) is 23.3 Å². The predicted molar refractivity (Wildman–Crippen MR) is 110 cm³/mol. The van der Waals surface area contributed by atoms with Gasteiger partial charge in [0.15, 0.2) is 0 Å². The van der Waals surface area contributed by atoms with Crippen LogP contribution in [0.3, 0.4) is 0 Å². The fourth-order valence-electron chi connectivity index (χ4n) is 3.24. The van der Waals surface area contributed by atoms with E-state index in [1.54, 1.807) is 41.8 Å². The standard InChI is InChI=1S/C20H22N4O4S/c1-21-19(27)15-8-4-10-24(15)17(25)12-22-18(26)13-6-2-3-7-14(13)23-20(28)16-9-5-11-29-16/h2-3,5-7,9,11,15H,4,8,10,12H2,1H3,(H,21,27)(H,22,26)(H,23,28). The van der Waals surface area contributed by atoms with Gasteiger partial charge in [0.2, 0.25) is 11.8 Å². The molecule has 8 nitrogen and oxygen atoms in total. The number of carbonyl (C=O) groups is 4. The molecule has 0 spiro atoms. The molecule has 3 N–H and O–H groups in total. The number of likely N-dealkylation sites (N-methyl/N-ethyl adjacent to an activating group) is 1. The molecule has 3 rings (SSSR count). The van der Waals surface area contributed by atoms with Gasteiger partial charge in [0, 0.05) is 13.6 Å². The maximum Gasteiger partial charge on any atom is 0.265 e. The molecule has 0 bridgehead atoms. The van der Waals surface area contributed by atoms with Crippen LogP contribution in [0.4, 0.5) is 5.69 Å². The molecular weight excluding hydrogens is 392 g/mol. The summed E-state index contributed by atoms with van der Waals surface area (Å²) in [4.78, 5) is 51.3. The first-order valence-corrected chi connectivity index (χ1v) is 10.1. The summed E-state index contributed by atoms with van der Waals surface area (Å²) < 4.78 is 0. The van der Waals surface area contributed by atoms with Crippen LogP contribution < -0.4 is 16.0 Å². The molecule has 29 heavy (non-hydrogen) atoms. The average Bonchev–Trinajstić information content (AvgIpc) is 3.43. The Morgan fingerprint density at radius 1 is 1.10 bits per heavy atom. The largest absolute Gasteiger partial charge is 0.357 e. The number of benzene rings is 1. The van der Waals surface area contributed by atoms with Crippen LogP contribution in [0.15, 0.2) is 41.8 Å². The second-order valence-corrected chi connectivity index (χ2v) is 7.47. The van der Waals surface area contributed by atoms with Crippen LogP contribution in [0.25, 0.3) is 0 Å². The molecule has 0 saturated carbocycles. The molecule has 152 valence electrons. The Morgan fingerprint density at radius 2 is 1.90 bits per heavy atom. The number of rotatable bonds is 6. The topological polar surface area (TPSA) is 108 Å². The van der Waals surface area contributed by atoms with Crippen molar-refractivity contribution in [1.82, 2.24) is 15.5 Å². The highest BCUT2D eigenvalue weighted by Gasteiger charge is 2.33. The summed E-state index contributed by atoms with van der Waals surface area (Å²) in [6.07, 6.45) is 1.35. The van der Waals surface area contributed by atoms with Crippen molar-refractivity contribution in [1.29, 1.82) is 0 Å². The van der Waals surface area contributed by atoms with Crippen molar-refractivity contribution in [2.75, 3.05) is 25.5 Å². The summed E-state index contributed by atoms with van der Waals surface area (Å²) in [5, 5.41) is 9.67. The first-order chi connectivity index (χ1) is 14.0. The zero-order valence-corrected chi connectivity index (χ0v) is 16.8. The van der Waals surface area contributed by atoms with E-state index in [0.717, 1.165) is 6.42 Å². The summed E-state index contributed by atoms with van der Waals surface area (Å²) in [5.74, 6) is -1.30. The van der Waals surface area contributed by atoms with Gasteiger partial charge in [-0.05, 0) is 36.4 Å². The minimum atomic E-state index is -0.498. The average molecular weight is 414 g/mol. The van der Waals surface area contributed by atoms with Crippen LogP contribution in [0.5, 0.6) is 0 Å². The molecule has 0 radical (unpaired) electrons. The van der Waals surface area contributed by atoms with Gasteiger partial charge in [0.05, 0.1) is 22.7 Å². The Bertz CT molecular complexity index is 913. The van der Waals surface area contributed by atoms with Gasteiger partial charge in [0.25, 0.3) is 11.8 Å². The number of anilines is 1. The Hall–Kier alpha value is -3.20. The minimum Gasteiger partial charge on any atom is -0.357 e. The van der Waals surface area contributed by atoms with Crippen LogP contribution in [-0.2, 0) is 9.59 Å². The van der Waals surface area contributed by atoms with Crippen molar-refractivity contribution in [3.05, 3.63) is 52.2 Å². The number of thiophene rings is 1. The Kier molecular flexibility index (Phi) is 6.61. The summed E-state index contributed by atoms with van der Waals surface area (Å²) in [6, 6.07) is 9.57. The van der Waals surface area contributed by atoms with Crippen molar-refractivity contribution in [3.63, 3.8) is 0 Å². The number of likely N-dealkylation sites (tertiary alicyclic amines) is 1. The van der Waals surface area contributed by atoms with Gasteiger partial charge in [-0.15, -0.1) is 11.3 Å². The molecule has 1 aromatic heterocycles. The van der Waals surface area contributed by atoms with Gasteiger partial charge in [0.1, 0.15) is 6.04 Å². The number of carbonyl (C=O) groups excluding carboxylic acids is 4. The second-order valence-electron chi connectivity index (χ2n) is 6.52. The maximum absolute atomic E-state index is 12.6. The van der Waals surface area contributed by atoms with Gasteiger partial charge in [-0.3, -0.25) is 19.2 Å². The van der Waals surface area contributed by atoms with Crippen LogP contribution in [0, 0.1) is 0 Å². The number of amides is 4. The zero-order chi connectivity index (χ0) is 20.8. The molecule has 1 saturated heterocycles. The molecule has 1 aliphatic rings. The summed E-state index contributed by atoms with van der Waals surface area (Å²) in [6.45, 7) is 0.264. The SMILES string of the molecule is CNC(=O)C1CCCN1C(=O)CNC(=O)c1ccccc1NC(=O)c1cccs1. The third kappa shape index (κ3) is 4.80. The van der Waals surface area contributed by atoms with Gasteiger partial charge in [-0.25, -0.2) is 0 Å². The Labute approximate surface area is 172 Å². The highest BCUT2D eigenvalue weighted by Crippen LogP contribution is 2.19. The zero-order valence-electron chi connectivity index (χ0n) is 15.9. The van der Waals surface area contributed by atoms with Gasteiger partial charge >= 0.3 is 0 Å². The maximum atomic E-state index is 12.6. The van der Waals surface area contributed by atoms with E-state index in [2.05, 4.69) is 16.0 Å². The monoisotopic (exact) mass is 414 g/mol. The first kappa shape index (κ1) is 20.5. The molecule has 2 aromatic rings. The van der Waals surface area contributed by atoms with Crippen LogP contribution in [0.2, 0.25) is 0 Å². The first-order valence-electron chi connectivity index (χ1n) is 9.24. The Balaban J connectivity index is 1.63. The number of hydrogen-bond acceptors (Lipinski definition) is 5. The van der Waals surface area contributed by atoms with Gasteiger partial charge in [-0.2, -0.15) is 0 Å². The molecular formula is C20H22N4O4S. The number of hydrogen-bond donors (Lipinski definition) is 3. The quantitative estimate of drug-likeness (QED) is 0.665. The highest BCUT2D eigenvalue weighted by molar-refractivity contribution is 7.12. The molecule has 1 aliphatic heterocycles. The van der Waals surface area contributed by atoms with Crippen molar-refractivity contribution in [3.8, 4) is 0 Å². The number of para-hydroxylation sites is 1. The molecule has 0 aliphatic carbocycles. The van der Waals surface area contributed by atoms with Gasteiger partial charge in [-0.1, -0.05) is 18.2 Å². The third-order valence-electron chi connectivity index (χ3n) is 4.69. The van der Waals surface area contributed by atoms with Crippen LogP contribution >= 0.6 is 11.3 Å². The fourth-order valence-corrected chi connectivity index (χ4v) is 3.86. The van der Waals surface area contributed by atoms with E-state index < -0.39 is 11.9 Å². The number of nitrogens with one attached hydrogen (secondary N) is 3. The summed E-state index contributed by atoms with van der Waals surface area (Å²) in [7, 11) is 1.53. The van der Waals surface area contributed by atoms with Crippen LogP contribution in [-0.4, -0.2) is 54.7 Å². The van der Waals surface area contributed by atoms with E-state index in [1.807, 2.05) is 0 Å². The van der Waals surface area contributed by atoms with E-state index in [9.17, 15) is 19.2 Å². The van der Waals surface area contributed by atoms with Crippen molar-refractivity contribution < 1.29 is 19.2 Å².